The third-order valence-electron chi connectivity index (χ3n) is 9.75. The third kappa shape index (κ3) is 28.1. The zero-order chi connectivity index (χ0) is 42.9. The molecule has 0 bridgehead atoms. The van der Waals surface area contributed by atoms with Gasteiger partial charge >= 0.3 is 19.8 Å². The largest absolute Gasteiger partial charge is 0.472 e. The molecule has 0 spiro atoms. The minimum atomic E-state index is -4.71. The van der Waals surface area contributed by atoms with E-state index in [2.05, 4.69) is 54.8 Å². The van der Waals surface area contributed by atoms with Gasteiger partial charge in [0.15, 0.2) is 6.10 Å². The minimum absolute atomic E-state index is 0.0898. The van der Waals surface area contributed by atoms with Crippen LogP contribution in [-0.4, -0.2) is 99.3 Å². The quantitative estimate of drug-likeness (QED) is 0.0158. The maximum atomic E-state index is 12.7. The summed E-state index contributed by atoms with van der Waals surface area (Å²) in [7, 11) is -4.71. The first kappa shape index (κ1) is 53.6. The number of carbonyl (C=O) groups is 2. The van der Waals surface area contributed by atoms with Gasteiger partial charge in [-0.2, -0.15) is 0 Å². The number of phosphoric acid groups is 1. The fraction of sp³-hybridized carbons (Fsp3) is 0.727. The molecule has 334 valence electrons. The van der Waals surface area contributed by atoms with Gasteiger partial charge in [0.1, 0.15) is 12.7 Å². The zero-order valence-electron chi connectivity index (χ0n) is 35.1. The summed E-state index contributed by atoms with van der Waals surface area (Å²) in [5, 5.41) is 49.7. The fourth-order valence-electron chi connectivity index (χ4n) is 6.32. The number of hydrogen-bond acceptors (Lipinski definition) is 12. The van der Waals surface area contributed by atoms with E-state index in [4.69, 9.17) is 19.1 Å². The standard InChI is InChI=1S/C44H75O13P/c1-3-5-7-8-9-10-11-12-13-14-15-16-17-18-19-20-22-28-44(51)57-38(35-56-58(52,53)55-33-37(47)32-45)34-54-43(50)27-24-23-26-39-40(42(49)31-41(39)48)30-29-36(46)25-21-6-4-2/h9-10,12-13,15-16,23-24,29-30,36-42,45-49H,3-8,11,14,17-22,25-28,31-35H2,1-2H3,(H,52,53)/b10-9-,13-12-,16-15-,24-23-,30-29+/t36-,37+,38-,39+,40-,41+,42-/m1/s1. The fourth-order valence-corrected chi connectivity index (χ4v) is 7.11. The Morgan fingerprint density at radius 1 is 0.741 bits per heavy atom. The van der Waals surface area contributed by atoms with Gasteiger partial charge in [0.2, 0.25) is 0 Å². The summed E-state index contributed by atoms with van der Waals surface area (Å²) in [6.45, 7) is 1.83. The highest BCUT2D eigenvalue weighted by molar-refractivity contribution is 7.47. The Hall–Kier alpha value is -2.45. The van der Waals surface area contributed by atoms with Gasteiger partial charge in [0, 0.05) is 18.8 Å². The summed E-state index contributed by atoms with van der Waals surface area (Å²) in [5.74, 6) is -1.91. The van der Waals surface area contributed by atoms with Crippen LogP contribution in [0.4, 0.5) is 0 Å². The molecule has 1 fully saturated rings. The van der Waals surface area contributed by atoms with E-state index < -0.39 is 76.7 Å². The van der Waals surface area contributed by atoms with Crippen LogP contribution in [0.15, 0.2) is 60.8 Å². The normalized spacial score (nSPS) is 21.4. The lowest BCUT2D eigenvalue weighted by Gasteiger charge is -2.20. The highest BCUT2D eigenvalue weighted by Crippen LogP contribution is 2.43. The maximum absolute atomic E-state index is 12.7. The van der Waals surface area contributed by atoms with Gasteiger partial charge in [-0.05, 0) is 63.7 Å². The van der Waals surface area contributed by atoms with Gasteiger partial charge in [-0.1, -0.05) is 120 Å². The highest BCUT2D eigenvalue weighted by atomic mass is 31.2. The Morgan fingerprint density at radius 3 is 2.03 bits per heavy atom. The topological polar surface area (TPSA) is 210 Å². The van der Waals surface area contributed by atoms with Crippen LogP contribution in [-0.2, 0) is 32.7 Å². The summed E-state index contributed by atoms with van der Waals surface area (Å²) in [6.07, 6.45) is 30.3. The summed E-state index contributed by atoms with van der Waals surface area (Å²) < 4.78 is 32.6. The molecule has 1 saturated carbocycles. The van der Waals surface area contributed by atoms with Gasteiger partial charge in [-0.15, -0.1) is 0 Å². The minimum Gasteiger partial charge on any atom is -0.461 e. The number of aliphatic hydroxyl groups excluding tert-OH is 5. The number of esters is 2. The number of unbranched alkanes of at least 4 members (excludes halogenated alkanes) is 9. The molecule has 0 saturated heterocycles. The molecule has 0 aromatic carbocycles. The van der Waals surface area contributed by atoms with Crippen molar-refractivity contribution in [2.45, 2.75) is 166 Å². The molecule has 1 unspecified atom stereocenters. The van der Waals surface area contributed by atoms with E-state index in [1.54, 1.807) is 24.3 Å². The number of allylic oxidation sites excluding steroid dienone is 7. The van der Waals surface area contributed by atoms with Crippen LogP contribution in [0.25, 0.3) is 0 Å². The molecular formula is C44H75O13P. The zero-order valence-corrected chi connectivity index (χ0v) is 36.0. The lowest BCUT2D eigenvalue weighted by Crippen LogP contribution is -2.29. The van der Waals surface area contributed by atoms with Crippen molar-refractivity contribution in [1.29, 1.82) is 0 Å². The highest BCUT2D eigenvalue weighted by Gasteiger charge is 2.39. The van der Waals surface area contributed by atoms with E-state index >= 15 is 0 Å². The molecule has 0 aromatic rings. The molecule has 1 aliphatic carbocycles. The van der Waals surface area contributed by atoms with E-state index in [-0.39, 0.29) is 31.1 Å². The van der Waals surface area contributed by atoms with Crippen molar-refractivity contribution < 1.29 is 63.1 Å². The van der Waals surface area contributed by atoms with Gasteiger partial charge in [-0.25, -0.2) is 4.57 Å². The van der Waals surface area contributed by atoms with Crippen LogP contribution in [0, 0.1) is 11.8 Å². The molecule has 1 rings (SSSR count). The van der Waals surface area contributed by atoms with Crippen LogP contribution in [0.5, 0.6) is 0 Å². The molecule has 8 atom stereocenters. The molecule has 6 N–H and O–H groups in total. The van der Waals surface area contributed by atoms with Crippen molar-refractivity contribution >= 4 is 19.8 Å². The molecule has 14 heteroatoms. The first-order valence-corrected chi connectivity index (χ1v) is 23.0. The van der Waals surface area contributed by atoms with Crippen LogP contribution in [0.1, 0.15) is 136 Å². The van der Waals surface area contributed by atoms with Crippen molar-refractivity contribution in [3.05, 3.63) is 60.8 Å². The molecule has 0 aliphatic heterocycles. The molecular weight excluding hydrogens is 767 g/mol. The average Bonchev–Trinajstić information content (AvgIpc) is 3.47. The molecule has 58 heavy (non-hydrogen) atoms. The lowest BCUT2D eigenvalue weighted by atomic mass is 9.89. The second-order valence-corrected chi connectivity index (χ2v) is 16.5. The van der Waals surface area contributed by atoms with E-state index in [9.17, 15) is 39.5 Å². The second-order valence-electron chi connectivity index (χ2n) is 15.0. The Bertz CT molecular complexity index is 1270. The SMILES string of the molecule is CCCCC/C=C\C/C=C\C/C=C\CCCCCCC(=O)O[C@H](COC(=O)C/C=C\C[C@H]1[C@@H](/C=C/[C@H](O)CCCCC)[C@H](O)C[C@@H]1O)COP(=O)(O)OC[C@@H](O)CO. The molecule has 0 radical (unpaired) electrons. The second kappa shape index (κ2) is 34.3. The monoisotopic (exact) mass is 842 g/mol. The first-order chi connectivity index (χ1) is 27.9. The van der Waals surface area contributed by atoms with Crippen LogP contribution >= 0.6 is 7.82 Å². The molecule has 0 aromatic heterocycles. The van der Waals surface area contributed by atoms with Crippen LogP contribution in [0.2, 0.25) is 0 Å². The maximum Gasteiger partial charge on any atom is 0.472 e. The van der Waals surface area contributed by atoms with E-state index in [1.165, 1.54) is 19.3 Å². The van der Waals surface area contributed by atoms with Crippen molar-refractivity contribution in [3.8, 4) is 0 Å². The van der Waals surface area contributed by atoms with E-state index in [0.29, 0.717) is 19.3 Å². The Labute approximate surface area is 347 Å². The van der Waals surface area contributed by atoms with Crippen LogP contribution < -0.4 is 0 Å². The van der Waals surface area contributed by atoms with Crippen molar-refractivity contribution in [2.24, 2.45) is 11.8 Å². The third-order valence-corrected chi connectivity index (χ3v) is 10.7. The number of ether oxygens (including phenoxy) is 2. The lowest BCUT2D eigenvalue weighted by molar-refractivity contribution is -0.160. The molecule has 13 nitrogen and oxygen atoms in total. The van der Waals surface area contributed by atoms with E-state index in [0.717, 1.165) is 64.2 Å². The summed E-state index contributed by atoms with van der Waals surface area (Å²) in [5.41, 5.74) is 0. The summed E-state index contributed by atoms with van der Waals surface area (Å²) in [4.78, 5) is 35.2. The number of phosphoric ester groups is 1. The predicted octanol–water partition coefficient (Wildman–Crippen LogP) is 7.49. The van der Waals surface area contributed by atoms with Crippen LogP contribution in [0.3, 0.4) is 0 Å². The van der Waals surface area contributed by atoms with Crippen molar-refractivity contribution in [3.63, 3.8) is 0 Å². The first-order valence-electron chi connectivity index (χ1n) is 21.5. The summed E-state index contributed by atoms with van der Waals surface area (Å²) in [6, 6.07) is 0. The van der Waals surface area contributed by atoms with Crippen molar-refractivity contribution in [2.75, 3.05) is 26.4 Å². The van der Waals surface area contributed by atoms with Gasteiger partial charge in [-0.3, -0.25) is 18.6 Å². The molecule has 0 heterocycles. The summed E-state index contributed by atoms with van der Waals surface area (Å²) >= 11 is 0. The van der Waals surface area contributed by atoms with Gasteiger partial charge < -0.3 is 39.9 Å². The number of hydrogen-bond donors (Lipinski definition) is 6. The Kier molecular flexibility index (Phi) is 31.7. The average molecular weight is 843 g/mol. The Morgan fingerprint density at radius 2 is 1.36 bits per heavy atom. The van der Waals surface area contributed by atoms with E-state index in [1.807, 2.05) is 0 Å². The Balaban J connectivity index is 2.54. The smallest absolute Gasteiger partial charge is 0.461 e. The van der Waals surface area contributed by atoms with Gasteiger partial charge in [0.05, 0.1) is 44.6 Å². The van der Waals surface area contributed by atoms with Crippen molar-refractivity contribution in [1.82, 2.24) is 0 Å². The number of carbonyl (C=O) groups excluding carboxylic acids is 2. The number of aliphatic hydroxyl groups is 5. The molecule has 0 amide bonds. The molecule has 1 aliphatic rings. The van der Waals surface area contributed by atoms with Gasteiger partial charge in [0.25, 0.3) is 0 Å². The predicted molar refractivity (Wildman–Crippen MR) is 225 cm³/mol. The number of rotatable bonds is 35.